The molecule has 2 rings (SSSR count). The number of hydrogen-bond acceptors (Lipinski definition) is 1. The second-order valence-corrected chi connectivity index (χ2v) is 4.64. The van der Waals surface area contributed by atoms with Crippen LogP contribution in [0, 0.1) is 6.92 Å². The van der Waals surface area contributed by atoms with Crippen LogP contribution >= 0.6 is 15.9 Å². The van der Waals surface area contributed by atoms with Crippen LogP contribution in [0.15, 0.2) is 47.1 Å². The fraction of sp³-hybridized carbons (Fsp3) is 0.286. The maximum Gasteiger partial charge on any atom is 0.104 e. The van der Waals surface area contributed by atoms with Gasteiger partial charge >= 0.3 is 0 Å². The van der Waals surface area contributed by atoms with Crippen LogP contribution in [0.4, 0.5) is 0 Å². The number of rotatable bonds is 4. The van der Waals surface area contributed by atoms with Crippen LogP contribution in [0.5, 0.6) is 0 Å². The van der Waals surface area contributed by atoms with Crippen molar-refractivity contribution in [3.05, 3.63) is 59.5 Å². The van der Waals surface area contributed by atoms with Gasteiger partial charge in [0.15, 0.2) is 0 Å². The molecule has 1 atom stereocenters. The van der Waals surface area contributed by atoms with Gasteiger partial charge in [-0.25, -0.2) is 0 Å². The molecule has 1 heterocycles. The molecule has 0 saturated heterocycles. The average molecular weight is 279 g/mol. The molecular weight excluding hydrogens is 264 g/mol. The lowest BCUT2D eigenvalue weighted by molar-refractivity contribution is 0.494. The molecule has 0 fully saturated rings. The zero-order chi connectivity index (χ0) is 11.4. The van der Waals surface area contributed by atoms with Gasteiger partial charge in [0, 0.05) is 17.7 Å². The van der Waals surface area contributed by atoms with Gasteiger partial charge in [-0.15, -0.1) is 0 Å². The van der Waals surface area contributed by atoms with Crippen LogP contribution in [0.1, 0.15) is 22.8 Å². The van der Waals surface area contributed by atoms with E-state index in [1.165, 1.54) is 11.1 Å². The second-order valence-electron chi connectivity index (χ2n) is 3.99. The molecule has 0 saturated carbocycles. The molecule has 2 aromatic rings. The van der Waals surface area contributed by atoms with Gasteiger partial charge in [-0.05, 0) is 30.2 Å². The van der Waals surface area contributed by atoms with Crippen LogP contribution < -0.4 is 0 Å². The Hall–Kier alpha value is -1.02. The van der Waals surface area contributed by atoms with Crippen molar-refractivity contribution >= 4 is 15.9 Å². The third kappa shape index (κ3) is 2.56. The van der Waals surface area contributed by atoms with Crippen molar-refractivity contribution in [3.8, 4) is 0 Å². The lowest BCUT2D eigenvalue weighted by Gasteiger charge is -2.15. The number of aryl methyl sites for hydroxylation is 1. The highest BCUT2D eigenvalue weighted by Gasteiger charge is 2.14. The molecule has 0 N–H and O–H groups in total. The summed E-state index contributed by atoms with van der Waals surface area (Å²) in [6.07, 6.45) is 2.68. The lowest BCUT2D eigenvalue weighted by atomic mass is 9.93. The molecule has 1 aromatic heterocycles. The monoisotopic (exact) mass is 278 g/mol. The predicted molar refractivity (Wildman–Crippen MR) is 70.1 cm³/mol. The first-order valence-electron chi connectivity index (χ1n) is 5.45. The van der Waals surface area contributed by atoms with E-state index < -0.39 is 0 Å². The van der Waals surface area contributed by atoms with Crippen LogP contribution in [-0.2, 0) is 6.42 Å². The molecule has 0 aliphatic rings. The first kappa shape index (κ1) is 11.5. The summed E-state index contributed by atoms with van der Waals surface area (Å²) in [6.45, 7) is 2.16. The molecule has 1 nitrogen and oxygen atoms in total. The standard InChI is InChI=1S/C14H15BrO/c1-11-5-2-3-7-14(11)12(10-15)9-13-6-4-8-16-13/h2-8,12H,9-10H2,1H3. The Bertz CT molecular complexity index is 434. The normalized spacial score (nSPS) is 12.6. The van der Waals surface area contributed by atoms with Crippen molar-refractivity contribution in [2.24, 2.45) is 0 Å². The van der Waals surface area contributed by atoms with Crippen LogP contribution in [-0.4, -0.2) is 5.33 Å². The van der Waals surface area contributed by atoms with E-state index in [1.54, 1.807) is 6.26 Å². The van der Waals surface area contributed by atoms with Crippen LogP contribution in [0.3, 0.4) is 0 Å². The smallest absolute Gasteiger partial charge is 0.104 e. The number of furan rings is 1. The molecule has 0 amide bonds. The molecular formula is C14H15BrO. The van der Waals surface area contributed by atoms with E-state index in [4.69, 9.17) is 4.42 Å². The number of halogens is 1. The maximum absolute atomic E-state index is 5.41. The summed E-state index contributed by atoms with van der Waals surface area (Å²) in [4.78, 5) is 0. The maximum atomic E-state index is 5.41. The zero-order valence-electron chi connectivity index (χ0n) is 9.32. The molecule has 0 bridgehead atoms. The largest absolute Gasteiger partial charge is 0.469 e. The summed E-state index contributed by atoms with van der Waals surface area (Å²) in [5.41, 5.74) is 2.74. The number of benzene rings is 1. The van der Waals surface area contributed by atoms with Crippen molar-refractivity contribution in [2.45, 2.75) is 19.3 Å². The lowest BCUT2D eigenvalue weighted by Crippen LogP contribution is -2.05. The Kier molecular flexibility index (Phi) is 3.83. The summed E-state index contributed by atoms with van der Waals surface area (Å²) < 4.78 is 5.41. The molecule has 1 unspecified atom stereocenters. The van der Waals surface area contributed by atoms with Crippen molar-refractivity contribution in [1.29, 1.82) is 0 Å². The third-order valence-corrected chi connectivity index (χ3v) is 3.62. The van der Waals surface area contributed by atoms with Gasteiger partial charge in [0.25, 0.3) is 0 Å². The minimum atomic E-state index is 0.479. The Labute approximate surface area is 105 Å². The molecule has 0 radical (unpaired) electrons. The number of hydrogen-bond donors (Lipinski definition) is 0. The van der Waals surface area contributed by atoms with E-state index in [-0.39, 0.29) is 0 Å². The predicted octanol–water partition coefficient (Wildman–Crippen LogP) is 4.31. The van der Waals surface area contributed by atoms with Gasteiger partial charge in [-0.3, -0.25) is 0 Å². The van der Waals surface area contributed by atoms with Gasteiger partial charge < -0.3 is 4.42 Å². The van der Waals surface area contributed by atoms with Crippen molar-refractivity contribution in [3.63, 3.8) is 0 Å². The summed E-state index contributed by atoms with van der Waals surface area (Å²) in [7, 11) is 0. The van der Waals surface area contributed by atoms with E-state index in [9.17, 15) is 0 Å². The summed E-state index contributed by atoms with van der Waals surface area (Å²) in [6, 6.07) is 12.5. The molecule has 16 heavy (non-hydrogen) atoms. The highest BCUT2D eigenvalue weighted by Crippen LogP contribution is 2.25. The third-order valence-electron chi connectivity index (χ3n) is 2.84. The minimum absolute atomic E-state index is 0.479. The average Bonchev–Trinajstić information content (AvgIpc) is 2.80. The SMILES string of the molecule is Cc1ccccc1C(CBr)Cc1ccco1. The van der Waals surface area contributed by atoms with Gasteiger partial charge in [-0.1, -0.05) is 40.2 Å². The number of alkyl halides is 1. The van der Waals surface area contributed by atoms with E-state index in [2.05, 4.69) is 47.1 Å². The van der Waals surface area contributed by atoms with Crippen molar-refractivity contribution in [1.82, 2.24) is 0 Å². The first-order chi connectivity index (χ1) is 7.81. The summed E-state index contributed by atoms with van der Waals surface area (Å²) >= 11 is 3.59. The topological polar surface area (TPSA) is 13.1 Å². The quantitative estimate of drug-likeness (QED) is 0.760. The Balaban J connectivity index is 2.20. The molecule has 0 aliphatic carbocycles. The summed E-state index contributed by atoms with van der Waals surface area (Å²) in [5.74, 6) is 1.53. The highest BCUT2D eigenvalue weighted by atomic mass is 79.9. The van der Waals surface area contributed by atoms with Crippen LogP contribution in [0.2, 0.25) is 0 Å². The van der Waals surface area contributed by atoms with Gasteiger partial charge in [0.05, 0.1) is 6.26 Å². The Morgan fingerprint density at radius 2 is 2.00 bits per heavy atom. The fourth-order valence-corrected chi connectivity index (χ4v) is 2.54. The molecule has 84 valence electrons. The molecule has 2 heteroatoms. The zero-order valence-corrected chi connectivity index (χ0v) is 10.9. The van der Waals surface area contributed by atoms with Gasteiger partial charge in [-0.2, -0.15) is 0 Å². The van der Waals surface area contributed by atoms with Gasteiger partial charge in [0.2, 0.25) is 0 Å². The fourth-order valence-electron chi connectivity index (χ4n) is 1.96. The second kappa shape index (κ2) is 5.35. The van der Waals surface area contributed by atoms with Crippen LogP contribution in [0.25, 0.3) is 0 Å². The van der Waals surface area contributed by atoms with E-state index in [0.29, 0.717) is 5.92 Å². The molecule has 0 aliphatic heterocycles. The summed E-state index contributed by atoms with van der Waals surface area (Å²) in [5, 5.41) is 0.957. The van der Waals surface area contributed by atoms with Crippen molar-refractivity contribution < 1.29 is 4.42 Å². The van der Waals surface area contributed by atoms with E-state index in [0.717, 1.165) is 17.5 Å². The molecule has 0 spiro atoms. The molecule has 1 aromatic carbocycles. The first-order valence-corrected chi connectivity index (χ1v) is 6.57. The van der Waals surface area contributed by atoms with Crippen molar-refractivity contribution in [2.75, 3.05) is 5.33 Å². The Morgan fingerprint density at radius 3 is 2.62 bits per heavy atom. The van der Waals surface area contributed by atoms with E-state index >= 15 is 0 Å². The Morgan fingerprint density at radius 1 is 1.19 bits per heavy atom. The minimum Gasteiger partial charge on any atom is -0.469 e. The highest BCUT2D eigenvalue weighted by molar-refractivity contribution is 9.09. The van der Waals surface area contributed by atoms with E-state index in [1.807, 2.05) is 12.1 Å². The van der Waals surface area contributed by atoms with Gasteiger partial charge in [0.1, 0.15) is 5.76 Å².